The molecular weight excluding hydrogens is 455 g/mol. The second-order valence-corrected chi connectivity index (χ2v) is 9.12. The molecule has 0 radical (unpaired) electrons. The van der Waals surface area contributed by atoms with Crippen LogP contribution in [0.1, 0.15) is 48.2 Å². The summed E-state index contributed by atoms with van der Waals surface area (Å²) < 4.78 is 10.3. The third kappa shape index (κ3) is 6.24. The molecule has 0 spiro atoms. The van der Waals surface area contributed by atoms with E-state index in [1.54, 1.807) is 16.7 Å². The molecule has 4 rings (SSSR count). The Bertz CT molecular complexity index is 1150. The lowest BCUT2D eigenvalue weighted by Crippen LogP contribution is -2.27. The van der Waals surface area contributed by atoms with Crippen LogP contribution in [0.15, 0.2) is 81.5 Å². The van der Waals surface area contributed by atoms with Gasteiger partial charge in [-0.15, -0.1) is 0 Å². The maximum absolute atomic E-state index is 12.9. The third-order valence-electron chi connectivity index (χ3n) is 5.09. The molecule has 0 aliphatic carbocycles. The standard InChI is InChI=1S/C25H23ClN2OS.C2H5F/c1-3-4-14-28(2)25(29)18-12-13-23-21(16-18)27-24(17-8-7-9-19(26)15-17)20-10-5-6-11-22(20)30-23;1-2-3/h5-13,15-16H,3-4,14H2,1-2H3;2H2,1H3. The van der Waals surface area contributed by atoms with E-state index in [9.17, 15) is 9.18 Å². The van der Waals surface area contributed by atoms with Crippen LogP contribution in [0, 0.1) is 0 Å². The Balaban J connectivity index is 0.000000968. The van der Waals surface area contributed by atoms with Crippen LogP contribution in [0.4, 0.5) is 10.1 Å². The number of rotatable bonds is 5. The van der Waals surface area contributed by atoms with Crippen molar-refractivity contribution < 1.29 is 9.18 Å². The number of nitrogens with zero attached hydrogens (tertiary/aromatic N) is 2. The molecule has 3 nitrogen and oxygen atoms in total. The molecule has 172 valence electrons. The fraction of sp³-hybridized carbons (Fsp3) is 0.259. The number of carbonyl (C=O) groups excluding carboxylic acids is 1. The minimum atomic E-state index is -0.250. The van der Waals surface area contributed by atoms with E-state index in [4.69, 9.17) is 16.6 Å². The zero-order valence-corrected chi connectivity index (χ0v) is 20.7. The number of hydrogen-bond acceptors (Lipinski definition) is 3. The first kappa shape index (κ1) is 25.0. The molecule has 0 aromatic heterocycles. The molecule has 6 heteroatoms. The van der Waals surface area contributed by atoms with Gasteiger partial charge in [-0.05, 0) is 49.7 Å². The van der Waals surface area contributed by atoms with Crippen molar-refractivity contribution >= 4 is 40.7 Å². The number of halogens is 2. The quantitative estimate of drug-likeness (QED) is 0.290. The Kier molecular flexibility index (Phi) is 9.10. The average Bonchev–Trinajstić information content (AvgIpc) is 2.99. The molecule has 1 heterocycles. The summed E-state index contributed by atoms with van der Waals surface area (Å²) in [6.45, 7) is 4.09. The summed E-state index contributed by atoms with van der Waals surface area (Å²) in [7, 11) is 1.86. The van der Waals surface area contributed by atoms with E-state index in [1.807, 2.05) is 61.6 Å². The summed E-state index contributed by atoms with van der Waals surface area (Å²) in [4.78, 5) is 21.9. The van der Waals surface area contributed by atoms with Crippen molar-refractivity contribution in [1.82, 2.24) is 4.90 Å². The van der Waals surface area contributed by atoms with Gasteiger partial charge in [0, 0.05) is 45.1 Å². The van der Waals surface area contributed by atoms with E-state index in [0.29, 0.717) is 10.6 Å². The number of carbonyl (C=O) groups is 1. The summed E-state index contributed by atoms with van der Waals surface area (Å²) in [6, 6.07) is 21.8. The van der Waals surface area contributed by atoms with Crippen molar-refractivity contribution in [3.63, 3.8) is 0 Å². The molecule has 1 amide bonds. The lowest BCUT2D eigenvalue weighted by molar-refractivity contribution is 0.0793. The average molecular weight is 483 g/mol. The van der Waals surface area contributed by atoms with Crippen molar-refractivity contribution in [2.45, 2.75) is 36.5 Å². The van der Waals surface area contributed by atoms with Crippen LogP contribution in [0.25, 0.3) is 0 Å². The van der Waals surface area contributed by atoms with Crippen molar-refractivity contribution in [2.75, 3.05) is 20.3 Å². The van der Waals surface area contributed by atoms with Crippen LogP contribution in [0.2, 0.25) is 5.02 Å². The number of aliphatic imine (C=N–C) groups is 1. The number of hydrogen-bond donors (Lipinski definition) is 0. The second kappa shape index (κ2) is 12.0. The molecule has 0 N–H and O–H groups in total. The molecule has 3 aromatic rings. The highest BCUT2D eigenvalue weighted by atomic mass is 35.5. The first-order valence-corrected chi connectivity index (χ1v) is 12.2. The zero-order valence-electron chi connectivity index (χ0n) is 19.1. The minimum Gasteiger partial charge on any atom is -0.342 e. The number of benzene rings is 3. The fourth-order valence-electron chi connectivity index (χ4n) is 3.45. The largest absolute Gasteiger partial charge is 0.342 e. The van der Waals surface area contributed by atoms with E-state index < -0.39 is 0 Å². The number of amides is 1. The first-order valence-electron chi connectivity index (χ1n) is 11.1. The smallest absolute Gasteiger partial charge is 0.253 e. The van der Waals surface area contributed by atoms with Crippen molar-refractivity contribution in [3.05, 3.63) is 88.4 Å². The van der Waals surface area contributed by atoms with Crippen LogP contribution in [-0.2, 0) is 0 Å². The summed E-state index contributed by atoms with van der Waals surface area (Å²) >= 11 is 7.94. The van der Waals surface area contributed by atoms with Gasteiger partial charge in [-0.2, -0.15) is 0 Å². The molecule has 1 aliphatic heterocycles. The van der Waals surface area contributed by atoms with E-state index in [2.05, 4.69) is 19.1 Å². The Labute approximate surface area is 204 Å². The van der Waals surface area contributed by atoms with Gasteiger partial charge in [-0.25, -0.2) is 4.99 Å². The van der Waals surface area contributed by atoms with Crippen LogP contribution >= 0.6 is 23.4 Å². The number of unbranched alkanes of at least 4 members (excludes halogenated alkanes) is 1. The third-order valence-corrected chi connectivity index (χ3v) is 6.47. The van der Waals surface area contributed by atoms with E-state index >= 15 is 0 Å². The van der Waals surface area contributed by atoms with Gasteiger partial charge in [-0.1, -0.05) is 67.0 Å². The molecule has 0 bridgehead atoms. The topological polar surface area (TPSA) is 32.7 Å². The van der Waals surface area contributed by atoms with Gasteiger partial charge in [0.25, 0.3) is 5.91 Å². The minimum absolute atomic E-state index is 0.0255. The van der Waals surface area contributed by atoms with Crippen molar-refractivity contribution in [3.8, 4) is 0 Å². The summed E-state index contributed by atoms with van der Waals surface area (Å²) in [5.74, 6) is 0.0255. The fourth-order valence-corrected chi connectivity index (χ4v) is 4.64. The maximum atomic E-state index is 12.9. The molecule has 3 aromatic carbocycles. The summed E-state index contributed by atoms with van der Waals surface area (Å²) in [5.41, 5.74) is 4.35. The Morgan fingerprint density at radius 3 is 2.52 bits per heavy atom. The molecule has 0 saturated carbocycles. The second-order valence-electron chi connectivity index (χ2n) is 7.60. The number of fused-ring (bicyclic) bond motifs is 2. The van der Waals surface area contributed by atoms with Crippen LogP contribution < -0.4 is 0 Å². The molecule has 0 saturated heterocycles. The monoisotopic (exact) mass is 482 g/mol. The van der Waals surface area contributed by atoms with Crippen molar-refractivity contribution in [1.29, 1.82) is 0 Å². The van der Waals surface area contributed by atoms with Gasteiger partial charge in [0.1, 0.15) is 0 Å². The SMILES string of the molecule is CCCCN(C)C(=O)c1ccc2c(c1)N=C(c1cccc(Cl)c1)c1ccccc1S2.CCF. The van der Waals surface area contributed by atoms with E-state index in [0.717, 1.165) is 51.7 Å². The lowest BCUT2D eigenvalue weighted by atomic mass is 10.0. The molecule has 0 unspecified atom stereocenters. The lowest BCUT2D eigenvalue weighted by Gasteiger charge is -2.17. The number of alkyl halides is 1. The maximum Gasteiger partial charge on any atom is 0.253 e. The highest BCUT2D eigenvalue weighted by molar-refractivity contribution is 7.99. The summed E-state index contributed by atoms with van der Waals surface area (Å²) in [5, 5.41) is 0.672. The predicted octanol–water partition coefficient (Wildman–Crippen LogP) is 7.82. The van der Waals surface area contributed by atoms with Gasteiger partial charge in [0.2, 0.25) is 0 Å². The molecule has 33 heavy (non-hydrogen) atoms. The predicted molar refractivity (Wildman–Crippen MR) is 137 cm³/mol. The Morgan fingerprint density at radius 2 is 1.79 bits per heavy atom. The molecule has 1 aliphatic rings. The van der Waals surface area contributed by atoms with Gasteiger partial charge < -0.3 is 4.90 Å². The molecule has 0 atom stereocenters. The zero-order chi connectivity index (χ0) is 23.8. The molecule has 0 fully saturated rings. The molecular formula is C27H28ClFN2OS. The van der Waals surface area contributed by atoms with Crippen LogP contribution in [-0.4, -0.2) is 36.8 Å². The van der Waals surface area contributed by atoms with Crippen molar-refractivity contribution in [2.24, 2.45) is 4.99 Å². The van der Waals surface area contributed by atoms with Crippen LogP contribution in [0.5, 0.6) is 0 Å². The van der Waals surface area contributed by atoms with Gasteiger partial charge in [0.15, 0.2) is 0 Å². The van der Waals surface area contributed by atoms with Gasteiger partial charge in [0.05, 0.1) is 18.1 Å². The highest BCUT2D eigenvalue weighted by Crippen LogP contribution is 2.41. The first-order chi connectivity index (χ1) is 16.0. The van der Waals surface area contributed by atoms with E-state index in [1.165, 1.54) is 6.92 Å². The highest BCUT2D eigenvalue weighted by Gasteiger charge is 2.20. The Morgan fingerprint density at radius 1 is 1.03 bits per heavy atom. The Hall–Kier alpha value is -2.63. The normalized spacial score (nSPS) is 11.8. The van der Waals surface area contributed by atoms with Gasteiger partial charge >= 0.3 is 0 Å². The van der Waals surface area contributed by atoms with Gasteiger partial charge in [-0.3, -0.25) is 9.18 Å². The van der Waals surface area contributed by atoms with E-state index in [-0.39, 0.29) is 12.6 Å². The summed E-state index contributed by atoms with van der Waals surface area (Å²) in [6.07, 6.45) is 2.05. The van der Waals surface area contributed by atoms with Crippen LogP contribution in [0.3, 0.4) is 0 Å².